The van der Waals surface area contributed by atoms with Crippen LogP contribution in [0.3, 0.4) is 0 Å². The predicted octanol–water partition coefficient (Wildman–Crippen LogP) is 2.27. The van der Waals surface area contributed by atoms with Crippen molar-refractivity contribution in [3.8, 4) is 0 Å². The van der Waals surface area contributed by atoms with Crippen LogP contribution in [0.5, 0.6) is 0 Å². The Kier molecular flexibility index (Phi) is 4.59. The van der Waals surface area contributed by atoms with Crippen molar-refractivity contribution in [2.75, 3.05) is 6.61 Å². The van der Waals surface area contributed by atoms with Gasteiger partial charge in [0, 0.05) is 6.92 Å². The topological polar surface area (TPSA) is 26.3 Å². The predicted molar refractivity (Wildman–Crippen MR) is 40.0 cm³/mol. The number of carbonyl (C=O) groups is 1. The van der Waals surface area contributed by atoms with E-state index in [4.69, 9.17) is 0 Å². The van der Waals surface area contributed by atoms with Crippen molar-refractivity contribution in [2.24, 2.45) is 0 Å². The molecule has 12 heavy (non-hydrogen) atoms. The molecule has 2 nitrogen and oxygen atoms in total. The Labute approximate surface area is 76.2 Å². The highest BCUT2D eigenvalue weighted by molar-refractivity contribution is 9.09. The van der Waals surface area contributed by atoms with Gasteiger partial charge in [0.1, 0.15) is 6.61 Å². The molecule has 0 heterocycles. The SMILES string of the molecule is CC(=O)OCC(Br)CC(F)(F)F. The Balaban J connectivity index is 3.60. The maximum Gasteiger partial charge on any atom is 0.390 e. The van der Waals surface area contributed by atoms with Crippen LogP contribution in [-0.2, 0) is 9.53 Å². The van der Waals surface area contributed by atoms with Gasteiger partial charge in [-0.1, -0.05) is 15.9 Å². The summed E-state index contributed by atoms with van der Waals surface area (Å²) in [7, 11) is 0. The maximum atomic E-state index is 11.7. The van der Waals surface area contributed by atoms with Gasteiger partial charge in [0.15, 0.2) is 0 Å². The van der Waals surface area contributed by atoms with Gasteiger partial charge >= 0.3 is 12.1 Å². The van der Waals surface area contributed by atoms with E-state index in [2.05, 4.69) is 20.7 Å². The van der Waals surface area contributed by atoms with Gasteiger partial charge in [-0.3, -0.25) is 4.79 Å². The largest absolute Gasteiger partial charge is 0.465 e. The summed E-state index contributed by atoms with van der Waals surface area (Å²) in [5.74, 6) is -0.582. The summed E-state index contributed by atoms with van der Waals surface area (Å²) in [6, 6.07) is 0. The van der Waals surface area contributed by atoms with Crippen molar-refractivity contribution < 1.29 is 22.7 Å². The molecule has 0 saturated carbocycles. The van der Waals surface area contributed by atoms with E-state index in [0.717, 1.165) is 6.92 Å². The molecule has 0 aliphatic carbocycles. The lowest BCUT2D eigenvalue weighted by Crippen LogP contribution is -2.20. The van der Waals surface area contributed by atoms with Crippen LogP contribution in [0.25, 0.3) is 0 Å². The smallest absolute Gasteiger partial charge is 0.390 e. The van der Waals surface area contributed by atoms with Gasteiger partial charge in [0.2, 0.25) is 0 Å². The molecule has 0 aliphatic rings. The van der Waals surface area contributed by atoms with E-state index in [1.54, 1.807) is 0 Å². The Bertz CT molecular complexity index is 157. The summed E-state index contributed by atoms with van der Waals surface area (Å²) in [5, 5.41) is 0. The molecule has 0 radical (unpaired) electrons. The number of rotatable bonds is 3. The van der Waals surface area contributed by atoms with Crippen molar-refractivity contribution in [1.82, 2.24) is 0 Å². The second-order valence-electron chi connectivity index (χ2n) is 2.22. The van der Waals surface area contributed by atoms with Crippen molar-refractivity contribution in [2.45, 2.75) is 24.3 Å². The number of carbonyl (C=O) groups excluding carboxylic acids is 1. The van der Waals surface area contributed by atoms with Gasteiger partial charge in [-0.15, -0.1) is 0 Å². The standard InChI is InChI=1S/C6H8BrF3O2/c1-4(11)12-3-5(7)2-6(8,9)10/h5H,2-3H2,1H3. The van der Waals surface area contributed by atoms with E-state index in [1.165, 1.54) is 0 Å². The second kappa shape index (κ2) is 4.69. The number of esters is 1. The average molecular weight is 249 g/mol. The highest BCUT2D eigenvalue weighted by Crippen LogP contribution is 2.24. The third kappa shape index (κ3) is 7.84. The quantitative estimate of drug-likeness (QED) is 0.566. The van der Waals surface area contributed by atoms with Gasteiger partial charge in [0.05, 0.1) is 11.2 Å². The Hall–Kier alpha value is -0.260. The van der Waals surface area contributed by atoms with Crippen molar-refractivity contribution in [3.63, 3.8) is 0 Å². The van der Waals surface area contributed by atoms with Crippen LogP contribution in [0, 0.1) is 0 Å². The lowest BCUT2D eigenvalue weighted by Gasteiger charge is -2.11. The first-order chi connectivity index (χ1) is 5.31. The number of hydrogen-bond donors (Lipinski definition) is 0. The fraction of sp³-hybridized carbons (Fsp3) is 0.833. The van der Waals surface area contributed by atoms with Gasteiger partial charge < -0.3 is 4.74 Å². The summed E-state index contributed by atoms with van der Waals surface area (Å²) in [6.45, 7) is 0.891. The molecule has 0 rings (SSSR count). The van der Waals surface area contributed by atoms with E-state index < -0.39 is 23.4 Å². The van der Waals surface area contributed by atoms with E-state index in [0.29, 0.717) is 0 Å². The second-order valence-corrected chi connectivity index (χ2v) is 3.51. The molecule has 0 spiro atoms. The van der Waals surface area contributed by atoms with Gasteiger partial charge in [0.25, 0.3) is 0 Å². The average Bonchev–Trinajstić information content (AvgIpc) is 1.79. The molecular formula is C6H8BrF3O2. The Morgan fingerprint density at radius 3 is 2.42 bits per heavy atom. The summed E-state index contributed by atoms with van der Waals surface area (Å²) < 4.78 is 39.3. The third-order valence-electron chi connectivity index (χ3n) is 0.920. The zero-order valence-electron chi connectivity index (χ0n) is 6.32. The summed E-state index contributed by atoms with van der Waals surface area (Å²) >= 11 is 2.74. The Morgan fingerprint density at radius 2 is 2.08 bits per heavy atom. The monoisotopic (exact) mass is 248 g/mol. The molecule has 6 heteroatoms. The minimum atomic E-state index is -4.23. The van der Waals surface area contributed by atoms with E-state index in [-0.39, 0.29) is 6.61 Å². The summed E-state index contributed by atoms with van der Waals surface area (Å²) in [4.78, 5) is 9.33. The number of halogens is 4. The molecule has 0 aromatic heterocycles. The first kappa shape index (κ1) is 11.7. The molecule has 0 amide bonds. The molecule has 0 fully saturated rings. The maximum absolute atomic E-state index is 11.7. The van der Waals surface area contributed by atoms with Crippen molar-refractivity contribution in [3.05, 3.63) is 0 Å². The minimum Gasteiger partial charge on any atom is -0.465 e. The zero-order chi connectivity index (χ0) is 9.78. The van der Waals surface area contributed by atoms with Crippen LogP contribution in [0.1, 0.15) is 13.3 Å². The first-order valence-electron chi connectivity index (χ1n) is 3.15. The van der Waals surface area contributed by atoms with E-state index >= 15 is 0 Å². The normalized spacial score (nSPS) is 14.1. The molecule has 0 aliphatic heterocycles. The van der Waals surface area contributed by atoms with Crippen molar-refractivity contribution in [1.29, 1.82) is 0 Å². The first-order valence-corrected chi connectivity index (χ1v) is 4.07. The lowest BCUT2D eigenvalue weighted by molar-refractivity contribution is -0.147. The van der Waals surface area contributed by atoms with Crippen LogP contribution in [0.15, 0.2) is 0 Å². The van der Waals surface area contributed by atoms with Crippen molar-refractivity contribution >= 4 is 21.9 Å². The zero-order valence-corrected chi connectivity index (χ0v) is 7.91. The third-order valence-corrected chi connectivity index (χ3v) is 1.51. The molecule has 0 bridgehead atoms. The summed E-state index contributed by atoms with van der Waals surface area (Å²) in [5.41, 5.74) is 0. The van der Waals surface area contributed by atoms with E-state index in [9.17, 15) is 18.0 Å². The fourth-order valence-corrected chi connectivity index (χ4v) is 1.02. The molecule has 1 atom stereocenters. The van der Waals surface area contributed by atoms with E-state index in [1.807, 2.05) is 0 Å². The van der Waals surface area contributed by atoms with Crippen LogP contribution >= 0.6 is 15.9 Å². The lowest BCUT2D eigenvalue weighted by atomic mass is 10.3. The molecule has 0 N–H and O–H groups in total. The minimum absolute atomic E-state index is 0.255. The van der Waals surface area contributed by atoms with Gasteiger partial charge in [-0.2, -0.15) is 13.2 Å². The number of alkyl halides is 4. The molecule has 1 unspecified atom stereocenters. The highest BCUT2D eigenvalue weighted by atomic mass is 79.9. The molecular weight excluding hydrogens is 241 g/mol. The highest BCUT2D eigenvalue weighted by Gasteiger charge is 2.31. The van der Waals surface area contributed by atoms with Crippen LogP contribution in [0.4, 0.5) is 13.2 Å². The number of hydrogen-bond acceptors (Lipinski definition) is 2. The number of ether oxygens (including phenoxy) is 1. The van der Waals surface area contributed by atoms with Crippen LogP contribution < -0.4 is 0 Å². The fourth-order valence-electron chi connectivity index (χ4n) is 0.518. The molecule has 0 aromatic rings. The summed E-state index contributed by atoms with van der Waals surface area (Å²) in [6.07, 6.45) is -5.23. The Morgan fingerprint density at radius 1 is 1.58 bits per heavy atom. The molecule has 0 aromatic carbocycles. The van der Waals surface area contributed by atoms with Crippen LogP contribution in [0.2, 0.25) is 0 Å². The van der Waals surface area contributed by atoms with Gasteiger partial charge in [-0.05, 0) is 0 Å². The van der Waals surface area contributed by atoms with Gasteiger partial charge in [-0.25, -0.2) is 0 Å². The molecule has 72 valence electrons. The van der Waals surface area contributed by atoms with Crippen LogP contribution in [-0.4, -0.2) is 23.6 Å². The molecule has 0 saturated heterocycles.